The van der Waals surface area contributed by atoms with E-state index < -0.39 is 0 Å². The summed E-state index contributed by atoms with van der Waals surface area (Å²) in [5.74, 6) is 1.32. The lowest BCUT2D eigenvalue weighted by molar-refractivity contribution is 0.376. The third-order valence-electron chi connectivity index (χ3n) is 2.97. The van der Waals surface area contributed by atoms with Crippen molar-refractivity contribution in [3.63, 3.8) is 0 Å². The summed E-state index contributed by atoms with van der Waals surface area (Å²) in [4.78, 5) is 8.53. The van der Waals surface area contributed by atoms with Crippen molar-refractivity contribution < 1.29 is 0 Å². The van der Waals surface area contributed by atoms with Gasteiger partial charge in [0, 0.05) is 13.1 Å². The van der Waals surface area contributed by atoms with Crippen molar-refractivity contribution in [2.24, 2.45) is 5.41 Å². The summed E-state index contributed by atoms with van der Waals surface area (Å²) in [7, 11) is 0. The molecule has 0 saturated carbocycles. The average molecular weight is 271 g/mol. The van der Waals surface area contributed by atoms with Crippen LogP contribution in [0.3, 0.4) is 0 Å². The van der Waals surface area contributed by atoms with Crippen LogP contribution in [0.15, 0.2) is 6.20 Å². The first kappa shape index (κ1) is 15.0. The molecular weight excluding hydrogens is 248 g/mol. The number of nitrogens with zero attached hydrogens (tertiary/aromatic N) is 2. The van der Waals surface area contributed by atoms with Crippen LogP contribution in [-0.4, -0.2) is 23.1 Å². The van der Waals surface area contributed by atoms with Crippen LogP contribution >= 0.6 is 11.6 Å². The molecule has 0 bridgehead atoms. The Hall–Kier alpha value is -1.03. The van der Waals surface area contributed by atoms with E-state index in [4.69, 9.17) is 11.6 Å². The summed E-state index contributed by atoms with van der Waals surface area (Å²) in [5, 5.41) is 7.01. The van der Waals surface area contributed by atoms with Gasteiger partial charge in [-0.05, 0) is 18.3 Å². The van der Waals surface area contributed by atoms with E-state index in [-0.39, 0.29) is 5.41 Å². The van der Waals surface area contributed by atoms with E-state index in [1.165, 1.54) is 0 Å². The first-order valence-corrected chi connectivity index (χ1v) is 6.86. The molecule has 0 amide bonds. The molecule has 0 aliphatic carbocycles. The number of aromatic nitrogens is 2. The zero-order valence-corrected chi connectivity index (χ0v) is 12.4. The zero-order valence-electron chi connectivity index (χ0n) is 11.7. The van der Waals surface area contributed by atoms with Gasteiger partial charge in [0.1, 0.15) is 5.02 Å². The molecule has 0 fully saturated rings. The van der Waals surface area contributed by atoms with Gasteiger partial charge in [0.15, 0.2) is 5.82 Å². The largest absolute Gasteiger partial charge is 0.368 e. The van der Waals surface area contributed by atoms with E-state index in [0.29, 0.717) is 16.8 Å². The molecule has 1 heterocycles. The van der Waals surface area contributed by atoms with Gasteiger partial charge in [-0.3, -0.25) is 0 Å². The second kappa shape index (κ2) is 6.78. The SMILES string of the molecule is CCCNc1ncc(Cl)c(NCC(C)(C)CC)n1. The minimum absolute atomic E-state index is 0.227. The minimum atomic E-state index is 0.227. The molecule has 102 valence electrons. The highest BCUT2D eigenvalue weighted by Crippen LogP contribution is 2.24. The molecule has 2 N–H and O–H groups in total. The lowest BCUT2D eigenvalue weighted by atomic mass is 9.90. The van der Waals surface area contributed by atoms with Crippen molar-refractivity contribution in [1.82, 2.24) is 9.97 Å². The average Bonchev–Trinajstić information content (AvgIpc) is 2.36. The molecule has 0 atom stereocenters. The molecule has 0 saturated heterocycles. The van der Waals surface area contributed by atoms with Crippen molar-refractivity contribution in [1.29, 1.82) is 0 Å². The lowest BCUT2D eigenvalue weighted by Crippen LogP contribution is -2.22. The fourth-order valence-electron chi connectivity index (χ4n) is 1.26. The second-order valence-electron chi connectivity index (χ2n) is 5.19. The van der Waals surface area contributed by atoms with E-state index >= 15 is 0 Å². The standard InChI is InChI=1S/C13H23ClN4/c1-5-7-15-12-16-8-10(14)11(18-12)17-9-13(3,4)6-2/h8H,5-7,9H2,1-4H3,(H2,15,16,17,18). The number of rotatable bonds is 7. The summed E-state index contributed by atoms with van der Waals surface area (Å²) < 4.78 is 0. The van der Waals surface area contributed by atoms with Crippen LogP contribution in [-0.2, 0) is 0 Å². The Bertz CT molecular complexity index is 379. The Morgan fingerprint density at radius 3 is 2.61 bits per heavy atom. The lowest BCUT2D eigenvalue weighted by Gasteiger charge is -2.23. The van der Waals surface area contributed by atoms with Gasteiger partial charge in [-0.25, -0.2) is 4.98 Å². The zero-order chi connectivity index (χ0) is 13.6. The normalized spacial score (nSPS) is 11.4. The van der Waals surface area contributed by atoms with Crippen molar-refractivity contribution in [3.05, 3.63) is 11.2 Å². The van der Waals surface area contributed by atoms with Gasteiger partial charge in [0.05, 0.1) is 6.20 Å². The quantitative estimate of drug-likeness (QED) is 0.791. The van der Waals surface area contributed by atoms with Gasteiger partial charge >= 0.3 is 0 Å². The molecule has 4 nitrogen and oxygen atoms in total. The van der Waals surface area contributed by atoms with E-state index in [0.717, 1.165) is 25.9 Å². The molecule has 1 rings (SSSR count). The molecule has 0 aromatic carbocycles. The Morgan fingerprint density at radius 1 is 1.28 bits per heavy atom. The van der Waals surface area contributed by atoms with Gasteiger partial charge < -0.3 is 10.6 Å². The van der Waals surface area contributed by atoms with E-state index in [1.54, 1.807) is 6.20 Å². The Balaban J connectivity index is 2.69. The molecule has 5 heteroatoms. The minimum Gasteiger partial charge on any atom is -0.368 e. The molecule has 0 aliphatic heterocycles. The molecule has 18 heavy (non-hydrogen) atoms. The topological polar surface area (TPSA) is 49.8 Å². The third kappa shape index (κ3) is 4.69. The maximum Gasteiger partial charge on any atom is 0.224 e. The molecular formula is C13H23ClN4. The fourth-order valence-corrected chi connectivity index (χ4v) is 1.42. The Morgan fingerprint density at radius 2 is 2.00 bits per heavy atom. The van der Waals surface area contributed by atoms with Crippen LogP contribution in [0.2, 0.25) is 5.02 Å². The highest BCUT2D eigenvalue weighted by Gasteiger charge is 2.16. The smallest absolute Gasteiger partial charge is 0.224 e. The summed E-state index contributed by atoms with van der Waals surface area (Å²) in [6.07, 6.45) is 3.77. The highest BCUT2D eigenvalue weighted by molar-refractivity contribution is 6.32. The third-order valence-corrected chi connectivity index (χ3v) is 3.25. The van der Waals surface area contributed by atoms with Gasteiger partial charge in [-0.2, -0.15) is 4.98 Å². The van der Waals surface area contributed by atoms with E-state index in [1.807, 2.05) is 0 Å². The van der Waals surface area contributed by atoms with Gasteiger partial charge in [0.25, 0.3) is 0 Å². The molecule has 1 aromatic heterocycles. The number of anilines is 2. The summed E-state index contributed by atoms with van der Waals surface area (Å²) >= 11 is 6.09. The summed E-state index contributed by atoms with van der Waals surface area (Å²) in [5.41, 5.74) is 0.227. The van der Waals surface area contributed by atoms with E-state index in [2.05, 4.69) is 48.3 Å². The Labute approximate surface area is 115 Å². The van der Waals surface area contributed by atoms with E-state index in [9.17, 15) is 0 Å². The van der Waals surface area contributed by atoms with Crippen LogP contribution in [0.5, 0.6) is 0 Å². The predicted molar refractivity (Wildman–Crippen MR) is 78.4 cm³/mol. The van der Waals surface area contributed by atoms with Crippen LogP contribution < -0.4 is 10.6 Å². The van der Waals surface area contributed by atoms with Crippen LogP contribution in [0.4, 0.5) is 11.8 Å². The first-order chi connectivity index (χ1) is 8.48. The van der Waals surface area contributed by atoms with Crippen LogP contribution in [0, 0.1) is 5.41 Å². The number of halogens is 1. The van der Waals surface area contributed by atoms with Crippen molar-refractivity contribution in [3.8, 4) is 0 Å². The van der Waals surface area contributed by atoms with Crippen LogP contribution in [0.25, 0.3) is 0 Å². The highest BCUT2D eigenvalue weighted by atomic mass is 35.5. The molecule has 0 spiro atoms. The van der Waals surface area contributed by atoms with Gasteiger partial charge in [0.2, 0.25) is 5.95 Å². The molecule has 0 unspecified atom stereocenters. The summed E-state index contributed by atoms with van der Waals surface area (Å²) in [6, 6.07) is 0. The monoisotopic (exact) mass is 270 g/mol. The maximum absolute atomic E-state index is 6.09. The van der Waals surface area contributed by atoms with Crippen molar-refractivity contribution >= 4 is 23.4 Å². The first-order valence-electron chi connectivity index (χ1n) is 6.49. The number of nitrogens with one attached hydrogen (secondary N) is 2. The Kier molecular flexibility index (Phi) is 5.66. The number of hydrogen-bond donors (Lipinski definition) is 2. The maximum atomic E-state index is 6.09. The van der Waals surface area contributed by atoms with Crippen molar-refractivity contribution in [2.75, 3.05) is 23.7 Å². The molecule has 0 radical (unpaired) electrons. The van der Waals surface area contributed by atoms with Crippen LogP contribution in [0.1, 0.15) is 40.5 Å². The van der Waals surface area contributed by atoms with Crippen molar-refractivity contribution in [2.45, 2.75) is 40.5 Å². The van der Waals surface area contributed by atoms with Gasteiger partial charge in [-0.15, -0.1) is 0 Å². The second-order valence-corrected chi connectivity index (χ2v) is 5.60. The predicted octanol–water partition coefficient (Wildman–Crippen LogP) is 3.80. The molecule has 0 aliphatic rings. The summed E-state index contributed by atoms with van der Waals surface area (Å²) in [6.45, 7) is 10.4. The fraction of sp³-hybridized carbons (Fsp3) is 0.692. The van der Waals surface area contributed by atoms with Gasteiger partial charge in [-0.1, -0.05) is 39.3 Å². The number of hydrogen-bond acceptors (Lipinski definition) is 4. The molecule has 1 aromatic rings.